The second-order valence-electron chi connectivity index (χ2n) is 6.46. The third-order valence-electron chi connectivity index (χ3n) is 4.79. The Morgan fingerprint density at radius 2 is 2.18 bits per heavy atom. The van der Waals surface area contributed by atoms with Crippen molar-refractivity contribution in [1.82, 2.24) is 4.90 Å². The second-order valence-corrected chi connectivity index (χ2v) is 6.46. The molecule has 1 spiro atoms. The lowest BCUT2D eigenvalue weighted by molar-refractivity contribution is -0.159. The van der Waals surface area contributed by atoms with Gasteiger partial charge >= 0.3 is 0 Å². The van der Waals surface area contributed by atoms with E-state index in [1.54, 1.807) is 7.11 Å². The number of benzene rings is 1. The monoisotopic (exact) mass is 305 g/mol. The van der Waals surface area contributed by atoms with E-state index < -0.39 is 0 Å². The zero-order valence-electron chi connectivity index (χ0n) is 13.7. The fourth-order valence-electron chi connectivity index (χ4n) is 3.56. The lowest BCUT2D eigenvalue weighted by Gasteiger charge is -2.44. The van der Waals surface area contributed by atoms with Crippen molar-refractivity contribution >= 4 is 0 Å². The van der Waals surface area contributed by atoms with Crippen molar-refractivity contribution in [2.75, 3.05) is 40.0 Å². The standard InChI is InChI=1S/C18H27NO3/c1-3-16-11-19(13-18(22-16)9-10-21-14-18)12-17(20-2)15-7-5-4-6-8-15/h4-8,16-17H,3,9-14H2,1-2H3/t16-,17-,18+/m1/s1. The van der Waals surface area contributed by atoms with Crippen molar-refractivity contribution in [1.29, 1.82) is 0 Å². The molecule has 0 unspecified atom stereocenters. The van der Waals surface area contributed by atoms with Crippen LogP contribution in [0.5, 0.6) is 0 Å². The van der Waals surface area contributed by atoms with Crippen LogP contribution in [0.1, 0.15) is 31.4 Å². The Balaban J connectivity index is 1.69. The van der Waals surface area contributed by atoms with Crippen molar-refractivity contribution in [3.63, 3.8) is 0 Å². The fraction of sp³-hybridized carbons (Fsp3) is 0.667. The zero-order chi connectivity index (χ0) is 15.4. The Labute approximate surface area is 133 Å². The molecule has 122 valence electrons. The average molecular weight is 305 g/mol. The molecule has 2 aliphatic rings. The molecule has 1 aromatic rings. The van der Waals surface area contributed by atoms with Crippen LogP contribution in [0.2, 0.25) is 0 Å². The predicted molar refractivity (Wildman–Crippen MR) is 86.0 cm³/mol. The lowest BCUT2D eigenvalue weighted by Crippen LogP contribution is -2.56. The van der Waals surface area contributed by atoms with Crippen molar-refractivity contribution in [3.05, 3.63) is 35.9 Å². The Kier molecular flexibility index (Phi) is 5.14. The summed E-state index contributed by atoms with van der Waals surface area (Å²) in [5, 5.41) is 0. The van der Waals surface area contributed by atoms with E-state index in [1.807, 2.05) is 6.07 Å². The van der Waals surface area contributed by atoms with Gasteiger partial charge in [0.1, 0.15) is 5.60 Å². The van der Waals surface area contributed by atoms with Crippen LogP contribution in [-0.4, -0.2) is 56.6 Å². The van der Waals surface area contributed by atoms with Crippen molar-refractivity contribution in [2.45, 2.75) is 37.6 Å². The first-order valence-electron chi connectivity index (χ1n) is 8.30. The van der Waals surface area contributed by atoms with Crippen LogP contribution >= 0.6 is 0 Å². The molecular weight excluding hydrogens is 278 g/mol. The predicted octanol–water partition coefficient (Wildman–Crippen LogP) is 2.64. The Morgan fingerprint density at radius 1 is 1.36 bits per heavy atom. The van der Waals surface area contributed by atoms with Gasteiger partial charge in [-0.1, -0.05) is 37.3 Å². The number of hydrogen-bond acceptors (Lipinski definition) is 4. The highest BCUT2D eigenvalue weighted by Gasteiger charge is 2.43. The number of methoxy groups -OCH3 is 1. The van der Waals surface area contributed by atoms with Gasteiger partial charge < -0.3 is 14.2 Å². The fourth-order valence-corrected chi connectivity index (χ4v) is 3.56. The third-order valence-corrected chi connectivity index (χ3v) is 4.79. The minimum absolute atomic E-state index is 0.103. The van der Waals surface area contributed by atoms with Gasteiger partial charge in [0.2, 0.25) is 0 Å². The quantitative estimate of drug-likeness (QED) is 0.837. The van der Waals surface area contributed by atoms with Crippen LogP contribution in [0.25, 0.3) is 0 Å². The van der Waals surface area contributed by atoms with E-state index in [0.717, 1.165) is 45.7 Å². The summed E-state index contributed by atoms with van der Waals surface area (Å²) in [4.78, 5) is 2.49. The van der Waals surface area contributed by atoms with Crippen molar-refractivity contribution in [3.8, 4) is 0 Å². The number of morpholine rings is 1. The lowest BCUT2D eigenvalue weighted by atomic mass is 9.97. The molecule has 2 saturated heterocycles. The van der Waals surface area contributed by atoms with Crippen LogP contribution in [0.15, 0.2) is 30.3 Å². The van der Waals surface area contributed by atoms with Crippen LogP contribution in [0.4, 0.5) is 0 Å². The molecule has 0 amide bonds. The van der Waals surface area contributed by atoms with Crippen LogP contribution in [0.3, 0.4) is 0 Å². The topological polar surface area (TPSA) is 30.9 Å². The summed E-state index contributed by atoms with van der Waals surface area (Å²) in [7, 11) is 1.80. The maximum Gasteiger partial charge on any atom is 0.107 e. The second kappa shape index (κ2) is 7.09. The number of rotatable bonds is 5. The summed E-state index contributed by atoms with van der Waals surface area (Å²) in [6, 6.07) is 10.5. The highest BCUT2D eigenvalue weighted by atomic mass is 16.6. The van der Waals surface area contributed by atoms with E-state index in [9.17, 15) is 0 Å². The molecule has 4 nitrogen and oxygen atoms in total. The van der Waals surface area contributed by atoms with Crippen LogP contribution in [-0.2, 0) is 14.2 Å². The first kappa shape index (κ1) is 15.9. The van der Waals surface area contributed by atoms with E-state index in [0.29, 0.717) is 6.10 Å². The third kappa shape index (κ3) is 3.51. The van der Waals surface area contributed by atoms with E-state index in [4.69, 9.17) is 14.2 Å². The van der Waals surface area contributed by atoms with Gasteiger partial charge in [0.05, 0.1) is 18.8 Å². The molecule has 0 aromatic heterocycles. The van der Waals surface area contributed by atoms with Gasteiger partial charge in [0.15, 0.2) is 0 Å². The summed E-state index contributed by atoms with van der Waals surface area (Å²) in [5.74, 6) is 0. The van der Waals surface area contributed by atoms with Gasteiger partial charge in [-0.05, 0) is 12.0 Å². The maximum absolute atomic E-state index is 6.33. The summed E-state index contributed by atoms with van der Waals surface area (Å²) in [6.45, 7) is 6.56. The van der Waals surface area contributed by atoms with Gasteiger partial charge in [0.25, 0.3) is 0 Å². The molecule has 22 heavy (non-hydrogen) atoms. The first-order valence-corrected chi connectivity index (χ1v) is 8.30. The number of nitrogens with zero attached hydrogens (tertiary/aromatic N) is 1. The first-order chi connectivity index (χ1) is 10.7. The normalized spacial score (nSPS) is 30.7. The Hall–Kier alpha value is -0.940. The molecule has 3 atom stereocenters. The largest absolute Gasteiger partial charge is 0.378 e. The van der Waals surface area contributed by atoms with Gasteiger partial charge in [0, 0.05) is 39.8 Å². The van der Waals surface area contributed by atoms with Gasteiger partial charge in [-0.3, -0.25) is 4.90 Å². The van der Waals surface area contributed by atoms with E-state index in [-0.39, 0.29) is 11.7 Å². The molecule has 0 bridgehead atoms. The van der Waals surface area contributed by atoms with Gasteiger partial charge in [-0.25, -0.2) is 0 Å². The van der Waals surface area contributed by atoms with Gasteiger partial charge in [-0.2, -0.15) is 0 Å². The number of hydrogen-bond donors (Lipinski definition) is 0. The summed E-state index contributed by atoms with van der Waals surface area (Å²) in [5.41, 5.74) is 1.13. The van der Waals surface area contributed by atoms with E-state index in [1.165, 1.54) is 5.56 Å². The minimum atomic E-state index is -0.103. The van der Waals surface area contributed by atoms with Crippen molar-refractivity contribution < 1.29 is 14.2 Å². The number of ether oxygens (including phenoxy) is 3. The molecule has 2 heterocycles. The van der Waals surface area contributed by atoms with Crippen molar-refractivity contribution in [2.24, 2.45) is 0 Å². The van der Waals surface area contributed by atoms with Crippen LogP contribution < -0.4 is 0 Å². The molecular formula is C18H27NO3. The Bertz CT molecular complexity index is 459. The summed E-state index contributed by atoms with van der Waals surface area (Å²) in [6.07, 6.45) is 2.45. The minimum Gasteiger partial charge on any atom is -0.378 e. The van der Waals surface area contributed by atoms with Gasteiger partial charge in [-0.15, -0.1) is 0 Å². The zero-order valence-corrected chi connectivity index (χ0v) is 13.7. The van der Waals surface area contributed by atoms with E-state index in [2.05, 4.69) is 36.1 Å². The van der Waals surface area contributed by atoms with Crippen LogP contribution in [0, 0.1) is 0 Å². The molecule has 0 saturated carbocycles. The highest BCUT2D eigenvalue weighted by Crippen LogP contribution is 2.32. The molecule has 0 radical (unpaired) electrons. The maximum atomic E-state index is 6.33. The molecule has 0 aliphatic carbocycles. The smallest absolute Gasteiger partial charge is 0.107 e. The van der Waals surface area contributed by atoms with E-state index >= 15 is 0 Å². The Morgan fingerprint density at radius 3 is 2.82 bits per heavy atom. The SMILES string of the molecule is CC[C@@H]1CN(C[C@@H](OC)c2ccccc2)C[C@]2(CCOC2)O1. The molecule has 3 rings (SSSR count). The molecule has 4 heteroatoms. The average Bonchev–Trinajstić information content (AvgIpc) is 3.00. The summed E-state index contributed by atoms with van der Waals surface area (Å²) >= 11 is 0. The molecule has 2 fully saturated rings. The molecule has 0 N–H and O–H groups in total. The molecule has 2 aliphatic heterocycles. The highest BCUT2D eigenvalue weighted by molar-refractivity contribution is 5.18. The molecule has 1 aromatic carbocycles. The summed E-state index contributed by atoms with van der Waals surface area (Å²) < 4.78 is 17.7.